The third-order valence-corrected chi connectivity index (χ3v) is 2.33. The maximum Gasteiger partial charge on any atom is 0.312 e. The van der Waals surface area contributed by atoms with Crippen molar-refractivity contribution in [2.75, 3.05) is 21.3 Å². The summed E-state index contributed by atoms with van der Waals surface area (Å²) in [5.41, 5.74) is 6.01. The van der Waals surface area contributed by atoms with E-state index in [1.54, 1.807) is 24.3 Å². The van der Waals surface area contributed by atoms with E-state index in [2.05, 4.69) is 0 Å². The number of carbonyl (C=O) groups excluding carboxylic acids is 1. The van der Waals surface area contributed by atoms with Crippen molar-refractivity contribution in [1.82, 2.24) is 0 Å². The lowest BCUT2D eigenvalue weighted by molar-refractivity contribution is -0.364. The van der Waals surface area contributed by atoms with Crippen molar-refractivity contribution in [3.8, 4) is 0 Å². The molecule has 1 rings (SSSR count). The van der Waals surface area contributed by atoms with Crippen LogP contribution in [0.15, 0.2) is 24.3 Å². The molecule has 0 aliphatic carbocycles. The quantitative estimate of drug-likeness (QED) is 0.753. The first-order valence-electron chi connectivity index (χ1n) is 4.66. The van der Waals surface area contributed by atoms with Gasteiger partial charge in [-0.1, -0.05) is 18.2 Å². The fourth-order valence-electron chi connectivity index (χ4n) is 1.54. The second kappa shape index (κ2) is 5.07. The highest BCUT2D eigenvalue weighted by atomic mass is 16.9. The van der Waals surface area contributed by atoms with E-state index in [-0.39, 0.29) is 0 Å². The highest BCUT2D eigenvalue weighted by Gasteiger charge is 2.35. The molecule has 0 heterocycles. The highest BCUT2D eigenvalue weighted by molar-refractivity contribution is 5.94. The minimum absolute atomic E-state index is 0.299. The molecule has 5 heteroatoms. The molecule has 0 bridgehead atoms. The lowest BCUT2D eigenvalue weighted by Crippen LogP contribution is -2.35. The SMILES string of the molecule is COC(OC)(OC)c1ccccc1C(N)=O. The van der Waals surface area contributed by atoms with Crippen LogP contribution in [0.2, 0.25) is 0 Å². The van der Waals surface area contributed by atoms with Crippen LogP contribution in [-0.4, -0.2) is 27.2 Å². The van der Waals surface area contributed by atoms with Gasteiger partial charge >= 0.3 is 5.97 Å². The summed E-state index contributed by atoms with van der Waals surface area (Å²) in [7, 11) is 4.26. The Hall–Kier alpha value is -1.43. The Morgan fingerprint density at radius 3 is 2.06 bits per heavy atom. The molecule has 1 aromatic carbocycles. The molecule has 5 nitrogen and oxygen atoms in total. The molecule has 0 unspecified atom stereocenters. The fourth-order valence-corrected chi connectivity index (χ4v) is 1.54. The summed E-state index contributed by atoms with van der Waals surface area (Å²) < 4.78 is 15.5. The molecule has 0 saturated heterocycles. The summed E-state index contributed by atoms with van der Waals surface area (Å²) >= 11 is 0. The molecule has 2 N–H and O–H groups in total. The average Bonchev–Trinajstić information content (AvgIpc) is 2.32. The van der Waals surface area contributed by atoms with Gasteiger partial charge in [0.25, 0.3) is 0 Å². The first-order valence-corrected chi connectivity index (χ1v) is 4.66. The van der Waals surface area contributed by atoms with Gasteiger partial charge in [0.15, 0.2) is 0 Å². The molecule has 0 radical (unpaired) electrons. The van der Waals surface area contributed by atoms with Gasteiger partial charge in [0, 0.05) is 21.3 Å². The molecule has 0 aliphatic heterocycles. The third kappa shape index (κ3) is 2.06. The Bertz CT molecular complexity index is 366. The van der Waals surface area contributed by atoms with Crippen molar-refractivity contribution < 1.29 is 19.0 Å². The second-order valence-corrected chi connectivity index (χ2v) is 3.08. The van der Waals surface area contributed by atoms with Crippen LogP contribution in [0.4, 0.5) is 0 Å². The number of benzene rings is 1. The van der Waals surface area contributed by atoms with E-state index in [4.69, 9.17) is 19.9 Å². The van der Waals surface area contributed by atoms with Crippen LogP contribution in [0.25, 0.3) is 0 Å². The number of methoxy groups -OCH3 is 3. The van der Waals surface area contributed by atoms with E-state index < -0.39 is 11.9 Å². The number of carbonyl (C=O) groups is 1. The number of ether oxygens (including phenoxy) is 3. The summed E-state index contributed by atoms with van der Waals surface area (Å²) in [5.74, 6) is -1.97. The number of rotatable bonds is 5. The van der Waals surface area contributed by atoms with Gasteiger partial charge in [-0.3, -0.25) is 4.79 Å². The lowest BCUT2D eigenvalue weighted by atomic mass is 10.0. The molecule has 0 spiro atoms. The van der Waals surface area contributed by atoms with E-state index in [0.717, 1.165) is 0 Å². The Morgan fingerprint density at radius 2 is 1.62 bits per heavy atom. The van der Waals surface area contributed by atoms with Gasteiger partial charge < -0.3 is 19.9 Å². The maximum absolute atomic E-state index is 11.3. The van der Waals surface area contributed by atoms with Gasteiger partial charge in [-0.2, -0.15) is 0 Å². The standard InChI is InChI=1S/C11H15NO4/c1-14-11(15-2,16-3)9-7-5-4-6-8(9)10(12)13/h4-7H,1-3H3,(H2,12,13). The van der Waals surface area contributed by atoms with Crippen LogP contribution < -0.4 is 5.73 Å². The molecule has 0 saturated carbocycles. The van der Waals surface area contributed by atoms with Crippen molar-refractivity contribution in [2.45, 2.75) is 5.97 Å². The monoisotopic (exact) mass is 225 g/mol. The molecule has 0 aliphatic rings. The molecule has 0 fully saturated rings. The molecular weight excluding hydrogens is 210 g/mol. The largest absolute Gasteiger partial charge is 0.366 e. The zero-order valence-electron chi connectivity index (χ0n) is 9.52. The summed E-state index contributed by atoms with van der Waals surface area (Å²) in [4.78, 5) is 11.3. The van der Waals surface area contributed by atoms with E-state index in [1.165, 1.54) is 21.3 Å². The predicted molar refractivity (Wildman–Crippen MR) is 57.7 cm³/mol. The Labute approximate surface area is 94.1 Å². The topological polar surface area (TPSA) is 70.8 Å². The number of hydrogen-bond acceptors (Lipinski definition) is 4. The number of hydrogen-bond donors (Lipinski definition) is 1. The summed E-state index contributed by atoms with van der Waals surface area (Å²) in [5, 5.41) is 0. The minimum Gasteiger partial charge on any atom is -0.366 e. The number of primary amides is 1. The van der Waals surface area contributed by atoms with Gasteiger partial charge in [-0.15, -0.1) is 0 Å². The molecular formula is C11H15NO4. The molecule has 1 amide bonds. The zero-order chi connectivity index (χ0) is 12.2. The summed E-state index contributed by atoms with van der Waals surface area (Å²) in [6.07, 6.45) is 0. The van der Waals surface area contributed by atoms with Crippen LogP contribution >= 0.6 is 0 Å². The number of amides is 1. The van der Waals surface area contributed by atoms with Crippen LogP contribution in [-0.2, 0) is 20.2 Å². The van der Waals surface area contributed by atoms with Crippen LogP contribution in [0, 0.1) is 0 Å². The third-order valence-electron chi connectivity index (χ3n) is 2.33. The van der Waals surface area contributed by atoms with Crippen molar-refractivity contribution >= 4 is 5.91 Å². The van der Waals surface area contributed by atoms with Crippen LogP contribution in [0.1, 0.15) is 15.9 Å². The van der Waals surface area contributed by atoms with Crippen LogP contribution in [0.3, 0.4) is 0 Å². The van der Waals surface area contributed by atoms with E-state index >= 15 is 0 Å². The fraction of sp³-hybridized carbons (Fsp3) is 0.364. The van der Waals surface area contributed by atoms with Gasteiger partial charge in [-0.25, -0.2) is 0 Å². The molecule has 16 heavy (non-hydrogen) atoms. The van der Waals surface area contributed by atoms with Crippen molar-refractivity contribution in [3.63, 3.8) is 0 Å². The highest BCUT2D eigenvalue weighted by Crippen LogP contribution is 2.29. The molecule has 88 valence electrons. The predicted octanol–water partition coefficient (Wildman–Crippen LogP) is 0.835. The van der Waals surface area contributed by atoms with Crippen molar-refractivity contribution in [3.05, 3.63) is 35.4 Å². The normalized spacial score (nSPS) is 11.4. The molecule has 1 aromatic rings. The minimum atomic E-state index is -1.41. The van der Waals surface area contributed by atoms with Crippen molar-refractivity contribution in [1.29, 1.82) is 0 Å². The molecule has 0 atom stereocenters. The Morgan fingerprint density at radius 1 is 1.12 bits per heavy atom. The summed E-state index contributed by atoms with van der Waals surface area (Å²) in [6.45, 7) is 0. The van der Waals surface area contributed by atoms with Gasteiger partial charge in [0.1, 0.15) is 0 Å². The summed E-state index contributed by atoms with van der Waals surface area (Å²) in [6, 6.07) is 6.70. The van der Waals surface area contributed by atoms with Gasteiger partial charge in [-0.05, 0) is 6.07 Å². The number of nitrogens with two attached hydrogens (primary N) is 1. The van der Waals surface area contributed by atoms with E-state index in [9.17, 15) is 4.79 Å². The Kier molecular flexibility index (Phi) is 4.00. The zero-order valence-corrected chi connectivity index (χ0v) is 9.52. The van der Waals surface area contributed by atoms with Gasteiger partial charge in [0.2, 0.25) is 5.91 Å². The van der Waals surface area contributed by atoms with Crippen molar-refractivity contribution in [2.24, 2.45) is 5.73 Å². The van der Waals surface area contributed by atoms with Crippen LogP contribution in [0.5, 0.6) is 0 Å². The first kappa shape index (κ1) is 12.6. The second-order valence-electron chi connectivity index (χ2n) is 3.08. The van der Waals surface area contributed by atoms with E-state index in [0.29, 0.717) is 11.1 Å². The van der Waals surface area contributed by atoms with E-state index in [1.807, 2.05) is 0 Å². The lowest BCUT2D eigenvalue weighted by Gasteiger charge is -2.30. The first-order chi connectivity index (χ1) is 7.61. The Balaban J connectivity index is 3.34. The van der Waals surface area contributed by atoms with Gasteiger partial charge in [0.05, 0.1) is 11.1 Å². The molecule has 0 aromatic heterocycles. The smallest absolute Gasteiger partial charge is 0.312 e. The maximum atomic E-state index is 11.3. The average molecular weight is 225 g/mol.